The third kappa shape index (κ3) is 4.43. The fraction of sp³-hybridized carbons (Fsp3) is 0.300. The number of benzene rings is 1. The summed E-state index contributed by atoms with van der Waals surface area (Å²) in [6, 6.07) is 8.99. The van der Waals surface area contributed by atoms with Gasteiger partial charge in [-0.15, -0.1) is 11.6 Å². The number of nitriles is 1. The van der Waals surface area contributed by atoms with Crippen LogP contribution in [0.2, 0.25) is 0 Å². The first kappa shape index (κ1) is 11.5. The fourth-order valence-electron chi connectivity index (χ4n) is 0.866. The van der Waals surface area contributed by atoms with Gasteiger partial charge < -0.3 is 0 Å². The van der Waals surface area contributed by atoms with Gasteiger partial charge in [0.05, 0.1) is 29.2 Å². The maximum Gasteiger partial charge on any atom is 0.0991 e. The van der Waals surface area contributed by atoms with E-state index in [1.165, 1.54) is 0 Å². The minimum absolute atomic E-state index is 0.0171. The average Bonchev–Trinajstić information content (AvgIpc) is 2.25. The molecule has 0 aliphatic carbocycles. The van der Waals surface area contributed by atoms with Gasteiger partial charge in [0.15, 0.2) is 0 Å². The molecule has 1 rings (SSSR count). The van der Waals surface area contributed by atoms with Crippen LogP contribution in [0.25, 0.3) is 0 Å². The number of alkyl halides is 1. The molecule has 1 N–H and O–H groups in total. The molecule has 0 radical (unpaired) electrons. The predicted molar refractivity (Wildman–Crippen MR) is 59.8 cm³/mol. The average molecular weight is 223 g/mol. The fourth-order valence-corrected chi connectivity index (χ4v) is 0.927. The molecule has 0 aliphatic heterocycles. The zero-order valence-electron chi connectivity index (χ0n) is 8.31. The molecular formula is C10H11ClN4. The molecule has 4 nitrogen and oxygen atoms in total. The largest absolute Gasteiger partial charge is 0.260 e. The van der Waals surface area contributed by atoms with Gasteiger partial charge in [-0.1, -0.05) is 5.22 Å². The van der Waals surface area contributed by atoms with Gasteiger partial charge in [-0.2, -0.15) is 10.4 Å². The Kier molecular flexibility index (Phi) is 4.58. The molecule has 0 bridgehead atoms. The van der Waals surface area contributed by atoms with Gasteiger partial charge in [0.1, 0.15) is 0 Å². The zero-order chi connectivity index (χ0) is 11.1. The lowest BCUT2D eigenvalue weighted by Gasteiger charge is -1.98. The number of hydrogen-bond acceptors (Lipinski definition) is 3. The Morgan fingerprint density at radius 1 is 1.47 bits per heavy atom. The maximum absolute atomic E-state index is 8.58. The first-order valence-electron chi connectivity index (χ1n) is 4.49. The highest BCUT2D eigenvalue weighted by atomic mass is 35.5. The normalized spacial score (nSPS) is 12.3. The van der Waals surface area contributed by atoms with E-state index in [9.17, 15) is 0 Å². The first-order valence-corrected chi connectivity index (χ1v) is 4.93. The summed E-state index contributed by atoms with van der Waals surface area (Å²) in [4.78, 5) is 0. The first-order chi connectivity index (χ1) is 7.22. The Balaban J connectivity index is 2.45. The monoisotopic (exact) mass is 222 g/mol. The molecule has 0 aromatic heterocycles. The van der Waals surface area contributed by atoms with Crippen LogP contribution in [0, 0.1) is 11.3 Å². The minimum atomic E-state index is -0.0171. The van der Waals surface area contributed by atoms with Crippen molar-refractivity contribution in [2.75, 3.05) is 12.0 Å². The van der Waals surface area contributed by atoms with E-state index < -0.39 is 0 Å². The molecule has 0 spiro atoms. The molecule has 78 valence electrons. The Morgan fingerprint density at radius 3 is 2.67 bits per heavy atom. The van der Waals surface area contributed by atoms with E-state index >= 15 is 0 Å². The van der Waals surface area contributed by atoms with Gasteiger partial charge in [-0.3, -0.25) is 5.43 Å². The number of nitrogens with one attached hydrogen (secondary N) is 1. The van der Waals surface area contributed by atoms with E-state index in [2.05, 4.69) is 15.8 Å². The van der Waals surface area contributed by atoms with Crippen molar-refractivity contribution in [2.24, 2.45) is 10.3 Å². The minimum Gasteiger partial charge on any atom is -0.260 e. The van der Waals surface area contributed by atoms with Crippen molar-refractivity contribution in [3.05, 3.63) is 29.8 Å². The molecule has 0 aliphatic rings. The third-order valence-electron chi connectivity index (χ3n) is 1.60. The maximum atomic E-state index is 8.58. The highest BCUT2D eigenvalue weighted by molar-refractivity contribution is 6.20. The van der Waals surface area contributed by atoms with Crippen LogP contribution in [-0.4, -0.2) is 11.9 Å². The molecule has 0 saturated carbocycles. The summed E-state index contributed by atoms with van der Waals surface area (Å²) >= 11 is 5.68. The second-order valence-electron chi connectivity index (χ2n) is 3.01. The van der Waals surface area contributed by atoms with Crippen molar-refractivity contribution < 1.29 is 0 Å². The Bertz CT molecular complexity index is 364. The number of anilines is 1. The van der Waals surface area contributed by atoms with Gasteiger partial charge in [-0.25, -0.2) is 0 Å². The number of halogens is 1. The summed E-state index contributed by atoms with van der Waals surface area (Å²) < 4.78 is 0. The molecule has 1 unspecified atom stereocenters. The van der Waals surface area contributed by atoms with Crippen LogP contribution in [0.15, 0.2) is 34.6 Å². The van der Waals surface area contributed by atoms with E-state index in [0.29, 0.717) is 12.1 Å². The molecule has 5 heteroatoms. The molecule has 1 atom stereocenters. The molecule has 0 heterocycles. The van der Waals surface area contributed by atoms with Gasteiger partial charge in [-0.05, 0) is 31.2 Å². The van der Waals surface area contributed by atoms with Gasteiger partial charge in [0.2, 0.25) is 0 Å². The van der Waals surface area contributed by atoms with E-state index in [1.54, 1.807) is 24.3 Å². The van der Waals surface area contributed by atoms with E-state index in [4.69, 9.17) is 16.9 Å². The summed E-state index contributed by atoms with van der Waals surface area (Å²) in [6.45, 7) is 2.33. The lowest BCUT2D eigenvalue weighted by Crippen LogP contribution is -1.95. The lowest BCUT2D eigenvalue weighted by molar-refractivity contribution is 0.865. The van der Waals surface area contributed by atoms with Crippen LogP contribution < -0.4 is 5.43 Å². The summed E-state index contributed by atoms with van der Waals surface area (Å²) in [5, 5.41) is 16.1. The highest BCUT2D eigenvalue weighted by Crippen LogP contribution is 2.08. The summed E-state index contributed by atoms with van der Waals surface area (Å²) in [7, 11) is 0. The smallest absolute Gasteiger partial charge is 0.0991 e. The van der Waals surface area contributed by atoms with Crippen LogP contribution in [0.5, 0.6) is 0 Å². The SMILES string of the molecule is CC(Cl)CN=NNc1ccc(C#N)cc1. The third-order valence-corrected chi connectivity index (χ3v) is 1.74. The quantitative estimate of drug-likeness (QED) is 0.484. The molecule has 1 aromatic carbocycles. The van der Waals surface area contributed by atoms with Crippen molar-refractivity contribution in [1.29, 1.82) is 5.26 Å². The molecule has 1 aromatic rings. The van der Waals surface area contributed by atoms with Gasteiger partial charge in [0, 0.05) is 0 Å². The van der Waals surface area contributed by atoms with Crippen LogP contribution >= 0.6 is 11.6 Å². The van der Waals surface area contributed by atoms with Crippen molar-refractivity contribution in [1.82, 2.24) is 0 Å². The van der Waals surface area contributed by atoms with Crippen molar-refractivity contribution in [3.8, 4) is 6.07 Å². The van der Waals surface area contributed by atoms with Crippen molar-refractivity contribution in [3.63, 3.8) is 0 Å². The molecule has 0 fully saturated rings. The lowest BCUT2D eigenvalue weighted by atomic mass is 10.2. The standard InChI is InChI=1S/C10H11ClN4/c1-8(11)7-13-15-14-10-4-2-9(6-12)3-5-10/h2-5,8H,7H2,1H3,(H,13,14). The summed E-state index contributed by atoms with van der Waals surface area (Å²) in [5.74, 6) is 0. The van der Waals surface area contributed by atoms with Crippen LogP contribution in [0.3, 0.4) is 0 Å². The number of nitrogens with zero attached hydrogens (tertiary/aromatic N) is 3. The summed E-state index contributed by atoms with van der Waals surface area (Å²) in [5.41, 5.74) is 4.15. The zero-order valence-corrected chi connectivity index (χ0v) is 9.07. The van der Waals surface area contributed by atoms with Crippen LogP contribution in [-0.2, 0) is 0 Å². The Morgan fingerprint density at radius 2 is 2.13 bits per heavy atom. The molecular weight excluding hydrogens is 212 g/mol. The van der Waals surface area contributed by atoms with Crippen molar-refractivity contribution in [2.45, 2.75) is 12.3 Å². The predicted octanol–water partition coefficient (Wildman–Crippen LogP) is 2.96. The topological polar surface area (TPSA) is 60.5 Å². The number of hydrogen-bond donors (Lipinski definition) is 1. The van der Waals surface area contributed by atoms with E-state index in [-0.39, 0.29) is 5.38 Å². The second kappa shape index (κ2) is 5.99. The Hall–Kier alpha value is -1.60. The Labute approximate surface area is 93.6 Å². The summed E-state index contributed by atoms with van der Waals surface area (Å²) in [6.07, 6.45) is 0. The van der Waals surface area contributed by atoms with Crippen LogP contribution in [0.1, 0.15) is 12.5 Å². The van der Waals surface area contributed by atoms with Gasteiger partial charge >= 0.3 is 0 Å². The van der Waals surface area contributed by atoms with E-state index in [0.717, 1.165) is 5.69 Å². The van der Waals surface area contributed by atoms with Crippen molar-refractivity contribution >= 4 is 17.3 Å². The second-order valence-corrected chi connectivity index (χ2v) is 3.75. The van der Waals surface area contributed by atoms with Crippen LogP contribution in [0.4, 0.5) is 5.69 Å². The van der Waals surface area contributed by atoms with E-state index in [1.807, 2.05) is 13.0 Å². The van der Waals surface area contributed by atoms with Gasteiger partial charge in [0.25, 0.3) is 0 Å². The highest BCUT2D eigenvalue weighted by Gasteiger charge is 1.93. The molecule has 0 saturated heterocycles. The molecule has 15 heavy (non-hydrogen) atoms. The molecule has 0 amide bonds. The number of rotatable bonds is 4.